The molecular formula is C5H14Cl2N4. The summed E-state index contributed by atoms with van der Waals surface area (Å²) in [5.41, 5.74) is 7.31. The minimum Gasteiger partial charge on any atom is -0.333 e. The molecule has 1 aromatic heterocycles. The van der Waals surface area contributed by atoms with Gasteiger partial charge in [0.1, 0.15) is 0 Å². The monoisotopic (exact) mass is 200 g/mol. The van der Waals surface area contributed by atoms with Crippen molar-refractivity contribution in [3.8, 4) is 0 Å². The number of hydrogen-bond donors (Lipinski definition) is 2. The number of halogens is 2. The van der Waals surface area contributed by atoms with Crippen LogP contribution in [-0.4, -0.2) is 24.0 Å². The maximum atomic E-state index is 4.50. The van der Waals surface area contributed by atoms with Crippen LogP contribution in [0.5, 0.6) is 0 Å². The molecule has 0 saturated carbocycles. The molecule has 0 aliphatic carbocycles. The van der Waals surface area contributed by atoms with Crippen LogP contribution < -0.4 is 11.2 Å². The summed E-state index contributed by atoms with van der Waals surface area (Å²) >= 11 is 0. The van der Waals surface area contributed by atoms with Crippen LogP contribution in [0.4, 0.5) is 0 Å². The quantitative estimate of drug-likeness (QED) is 0.694. The fraction of sp³-hybridized carbons (Fsp3) is 0.400. The molecule has 0 amide bonds. The first-order chi connectivity index (χ1) is 4.43. The van der Waals surface area contributed by atoms with Gasteiger partial charge in [-0.2, -0.15) is 9.89 Å². The molecule has 6 heteroatoms. The van der Waals surface area contributed by atoms with Crippen molar-refractivity contribution in [1.29, 1.82) is 0 Å². The molecule has 11 heavy (non-hydrogen) atoms. The van der Waals surface area contributed by atoms with Crippen LogP contribution in [0.2, 0.25) is 0 Å². The van der Waals surface area contributed by atoms with E-state index in [2.05, 4.69) is 16.3 Å². The van der Waals surface area contributed by atoms with Gasteiger partial charge in [-0.1, -0.05) is 0 Å². The Bertz CT molecular complexity index is 131. The molecule has 0 fully saturated rings. The lowest BCUT2D eigenvalue weighted by Gasteiger charge is -1.92. The third kappa shape index (κ3) is 7.45. The molecule has 0 radical (unpaired) electrons. The fourth-order valence-corrected chi connectivity index (χ4v) is 0.401. The van der Waals surface area contributed by atoms with Crippen molar-refractivity contribution < 1.29 is 0 Å². The van der Waals surface area contributed by atoms with Crippen molar-refractivity contribution in [1.82, 2.24) is 9.89 Å². The molecule has 0 saturated heterocycles. The Balaban J connectivity index is -0.000000149. The van der Waals surface area contributed by atoms with Gasteiger partial charge in [-0.05, 0) is 13.1 Å². The highest BCUT2D eigenvalue weighted by molar-refractivity contribution is 5.85. The van der Waals surface area contributed by atoms with Crippen LogP contribution in [0.3, 0.4) is 0 Å². The van der Waals surface area contributed by atoms with Gasteiger partial charge < -0.3 is 11.2 Å². The van der Waals surface area contributed by atoms with Crippen molar-refractivity contribution in [3.63, 3.8) is 0 Å². The predicted molar refractivity (Wildman–Crippen MR) is 52.1 cm³/mol. The van der Waals surface area contributed by atoms with E-state index in [1.165, 1.54) is 7.05 Å². The number of aromatic nitrogens is 2. The summed E-state index contributed by atoms with van der Waals surface area (Å²) in [5, 5.41) is 3.84. The van der Waals surface area contributed by atoms with Gasteiger partial charge in [-0.3, -0.25) is 0 Å². The SMILES string of the molecule is CN.CNn1cccn1.Cl.Cl. The van der Waals surface area contributed by atoms with E-state index in [0.717, 1.165) is 0 Å². The first kappa shape index (κ1) is 16.9. The second kappa shape index (κ2) is 12.2. The van der Waals surface area contributed by atoms with Gasteiger partial charge in [-0.25, -0.2) is 0 Å². The van der Waals surface area contributed by atoms with Crippen LogP contribution in [0.15, 0.2) is 18.5 Å². The zero-order valence-electron chi connectivity index (χ0n) is 6.52. The van der Waals surface area contributed by atoms with Crippen molar-refractivity contribution >= 4 is 24.8 Å². The van der Waals surface area contributed by atoms with Gasteiger partial charge in [0.2, 0.25) is 0 Å². The van der Waals surface area contributed by atoms with Gasteiger partial charge in [-0.15, -0.1) is 24.8 Å². The maximum absolute atomic E-state index is 4.50. The van der Waals surface area contributed by atoms with Crippen molar-refractivity contribution in [2.75, 3.05) is 19.5 Å². The second-order valence-electron chi connectivity index (χ2n) is 1.17. The largest absolute Gasteiger partial charge is 0.333 e. The van der Waals surface area contributed by atoms with Crippen LogP contribution in [-0.2, 0) is 0 Å². The van der Waals surface area contributed by atoms with E-state index in [-0.39, 0.29) is 24.8 Å². The van der Waals surface area contributed by atoms with Crippen molar-refractivity contribution in [3.05, 3.63) is 18.5 Å². The Hall–Kier alpha value is -0.450. The molecule has 0 unspecified atom stereocenters. The van der Waals surface area contributed by atoms with E-state index in [1.54, 1.807) is 11.0 Å². The van der Waals surface area contributed by atoms with E-state index in [9.17, 15) is 0 Å². The Morgan fingerprint density at radius 2 is 1.91 bits per heavy atom. The fourth-order valence-electron chi connectivity index (χ4n) is 0.401. The summed E-state index contributed by atoms with van der Waals surface area (Å²) in [4.78, 5) is 1.62. The zero-order valence-corrected chi connectivity index (χ0v) is 8.15. The predicted octanol–water partition coefficient (Wildman–Crippen LogP) is 0.475. The number of nitrogens with one attached hydrogen (secondary N) is 1. The summed E-state index contributed by atoms with van der Waals surface area (Å²) in [5.74, 6) is 0. The van der Waals surface area contributed by atoms with Crippen molar-refractivity contribution in [2.45, 2.75) is 0 Å². The van der Waals surface area contributed by atoms with Gasteiger partial charge in [0.25, 0.3) is 0 Å². The van der Waals surface area contributed by atoms with E-state index < -0.39 is 0 Å². The summed E-state index contributed by atoms with van der Waals surface area (Å²) < 4.78 is 0. The topological polar surface area (TPSA) is 55.9 Å². The van der Waals surface area contributed by atoms with Crippen LogP contribution >= 0.6 is 24.8 Å². The van der Waals surface area contributed by atoms with Gasteiger partial charge in [0.05, 0.1) is 6.20 Å². The van der Waals surface area contributed by atoms with E-state index >= 15 is 0 Å². The van der Waals surface area contributed by atoms with E-state index in [1.807, 2.05) is 19.3 Å². The zero-order chi connectivity index (χ0) is 7.11. The highest BCUT2D eigenvalue weighted by Gasteiger charge is 1.75. The standard InChI is InChI=1S/C4H7N3.CH5N.2ClH/c1-5-7-4-2-3-6-7;1-2;;/h2-5H,1H3;2H2,1H3;2*1H. The lowest BCUT2D eigenvalue weighted by Crippen LogP contribution is -2.07. The summed E-state index contributed by atoms with van der Waals surface area (Å²) in [6.45, 7) is 0. The Kier molecular flexibility index (Phi) is 18.8. The summed E-state index contributed by atoms with van der Waals surface area (Å²) in [6, 6.07) is 1.86. The minimum atomic E-state index is 0. The molecule has 0 aliphatic heterocycles. The summed E-state index contributed by atoms with van der Waals surface area (Å²) in [6.07, 6.45) is 3.55. The third-order valence-electron chi connectivity index (χ3n) is 0.734. The van der Waals surface area contributed by atoms with E-state index in [0.29, 0.717) is 0 Å². The van der Waals surface area contributed by atoms with E-state index in [4.69, 9.17) is 0 Å². The number of rotatable bonds is 1. The average molecular weight is 201 g/mol. The Morgan fingerprint density at radius 3 is 2.09 bits per heavy atom. The smallest absolute Gasteiger partial charge is 0.0510 e. The normalized spacial score (nSPS) is 6.09. The molecular weight excluding hydrogens is 187 g/mol. The molecule has 1 aromatic rings. The minimum absolute atomic E-state index is 0. The highest BCUT2D eigenvalue weighted by Crippen LogP contribution is 1.74. The molecule has 3 N–H and O–H groups in total. The maximum Gasteiger partial charge on any atom is 0.0510 e. The molecule has 0 bridgehead atoms. The second-order valence-corrected chi connectivity index (χ2v) is 1.17. The van der Waals surface area contributed by atoms with Crippen LogP contribution in [0.1, 0.15) is 0 Å². The number of nitrogens with zero attached hydrogens (tertiary/aromatic N) is 2. The van der Waals surface area contributed by atoms with Gasteiger partial charge >= 0.3 is 0 Å². The number of hydrogen-bond acceptors (Lipinski definition) is 3. The molecule has 0 aromatic carbocycles. The third-order valence-corrected chi connectivity index (χ3v) is 0.734. The molecule has 0 aliphatic rings. The van der Waals surface area contributed by atoms with Crippen LogP contribution in [0.25, 0.3) is 0 Å². The van der Waals surface area contributed by atoms with Gasteiger partial charge in [0.15, 0.2) is 0 Å². The molecule has 4 nitrogen and oxygen atoms in total. The Morgan fingerprint density at radius 1 is 1.36 bits per heavy atom. The number of nitrogens with two attached hydrogens (primary N) is 1. The molecule has 1 rings (SSSR count). The first-order valence-corrected chi connectivity index (χ1v) is 2.68. The van der Waals surface area contributed by atoms with Crippen molar-refractivity contribution in [2.24, 2.45) is 5.73 Å². The molecule has 1 heterocycles. The highest BCUT2D eigenvalue weighted by atomic mass is 35.5. The lowest BCUT2D eigenvalue weighted by atomic mass is 10.8. The van der Waals surface area contributed by atoms with Gasteiger partial charge in [0, 0.05) is 13.2 Å². The first-order valence-electron chi connectivity index (χ1n) is 2.68. The molecule has 0 spiro atoms. The molecule has 68 valence electrons. The average Bonchev–Trinajstić information content (AvgIpc) is 2.43. The van der Waals surface area contributed by atoms with Crippen LogP contribution in [0, 0.1) is 0 Å². The Labute approximate surface area is 78.9 Å². The molecule has 0 atom stereocenters. The summed E-state index contributed by atoms with van der Waals surface area (Å²) in [7, 11) is 3.31. The lowest BCUT2D eigenvalue weighted by molar-refractivity contribution is 0.782.